The summed E-state index contributed by atoms with van der Waals surface area (Å²) in [6, 6.07) is 11.7. The fourth-order valence-electron chi connectivity index (χ4n) is 2.03. The second kappa shape index (κ2) is 7.31. The van der Waals surface area contributed by atoms with Crippen LogP contribution in [0.2, 0.25) is 0 Å². The zero-order chi connectivity index (χ0) is 16.8. The molecule has 2 amide bonds. The molecule has 0 saturated carbocycles. The SMILES string of the molecule is Cc1ccc(NC(=O)N[C@@H](Cc2ccc(O)cc2)C(=O)O)cc1. The summed E-state index contributed by atoms with van der Waals surface area (Å²) in [5, 5.41) is 23.5. The van der Waals surface area contributed by atoms with Crippen molar-refractivity contribution in [3.05, 3.63) is 59.7 Å². The van der Waals surface area contributed by atoms with Crippen LogP contribution in [0.25, 0.3) is 0 Å². The number of nitrogens with one attached hydrogen (secondary N) is 2. The van der Waals surface area contributed by atoms with Gasteiger partial charge in [-0.15, -0.1) is 0 Å². The van der Waals surface area contributed by atoms with E-state index in [9.17, 15) is 19.8 Å². The van der Waals surface area contributed by atoms with Crippen molar-refractivity contribution in [2.75, 3.05) is 5.32 Å². The van der Waals surface area contributed by atoms with E-state index in [0.717, 1.165) is 5.56 Å². The van der Waals surface area contributed by atoms with Crippen LogP contribution in [-0.2, 0) is 11.2 Å². The van der Waals surface area contributed by atoms with E-state index in [1.165, 1.54) is 12.1 Å². The Hall–Kier alpha value is -3.02. The minimum Gasteiger partial charge on any atom is -0.508 e. The van der Waals surface area contributed by atoms with E-state index in [1.54, 1.807) is 24.3 Å². The topological polar surface area (TPSA) is 98.7 Å². The number of amides is 2. The molecular weight excluding hydrogens is 296 g/mol. The number of urea groups is 1. The normalized spacial score (nSPS) is 11.5. The molecule has 6 nitrogen and oxygen atoms in total. The number of anilines is 1. The largest absolute Gasteiger partial charge is 0.508 e. The molecule has 1 atom stereocenters. The molecule has 0 aromatic heterocycles. The van der Waals surface area contributed by atoms with Crippen LogP contribution >= 0.6 is 0 Å². The van der Waals surface area contributed by atoms with Gasteiger partial charge >= 0.3 is 12.0 Å². The van der Waals surface area contributed by atoms with Crippen molar-refractivity contribution in [1.82, 2.24) is 5.32 Å². The lowest BCUT2D eigenvalue weighted by molar-refractivity contribution is -0.139. The van der Waals surface area contributed by atoms with E-state index < -0.39 is 18.0 Å². The minimum atomic E-state index is -1.13. The maximum Gasteiger partial charge on any atom is 0.326 e. The van der Waals surface area contributed by atoms with Crippen LogP contribution in [0.3, 0.4) is 0 Å². The number of hydrogen-bond donors (Lipinski definition) is 4. The van der Waals surface area contributed by atoms with Crippen LogP contribution in [0.1, 0.15) is 11.1 Å². The summed E-state index contributed by atoms with van der Waals surface area (Å²) in [7, 11) is 0. The Morgan fingerprint density at radius 3 is 2.22 bits per heavy atom. The Morgan fingerprint density at radius 1 is 1.04 bits per heavy atom. The van der Waals surface area contributed by atoms with Crippen LogP contribution in [0.4, 0.5) is 10.5 Å². The number of carbonyl (C=O) groups excluding carboxylic acids is 1. The van der Waals surface area contributed by atoms with Gasteiger partial charge in [0.15, 0.2) is 0 Å². The molecule has 2 aromatic rings. The number of phenols is 1. The number of carboxylic acids is 1. The van der Waals surface area contributed by atoms with E-state index in [-0.39, 0.29) is 12.2 Å². The Balaban J connectivity index is 1.98. The zero-order valence-corrected chi connectivity index (χ0v) is 12.6. The lowest BCUT2D eigenvalue weighted by Crippen LogP contribution is -2.44. The Bertz CT molecular complexity index is 681. The number of hydrogen-bond acceptors (Lipinski definition) is 3. The highest BCUT2D eigenvalue weighted by Crippen LogP contribution is 2.12. The molecule has 120 valence electrons. The summed E-state index contributed by atoms with van der Waals surface area (Å²) >= 11 is 0. The molecule has 0 unspecified atom stereocenters. The Morgan fingerprint density at radius 2 is 1.65 bits per heavy atom. The van der Waals surface area contributed by atoms with E-state index in [4.69, 9.17) is 0 Å². The molecule has 4 N–H and O–H groups in total. The second-order valence-corrected chi connectivity index (χ2v) is 5.23. The highest BCUT2D eigenvalue weighted by Gasteiger charge is 2.20. The van der Waals surface area contributed by atoms with Crippen LogP contribution in [0, 0.1) is 6.92 Å². The number of aryl methyl sites for hydroxylation is 1. The van der Waals surface area contributed by atoms with E-state index in [2.05, 4.69) is 10.6 Å². The standard InChI is InChI=1S/C17H18N2O4/c1-11-2-6-13(7-3-11)18-17(23)19-15(16(21)22)10-12-4-8-14(20)9-5-12/h2-9,15,20H,10H2,1H3,(H,21,22)(H2,18,19,23)/t15-/m0/s1. The van der Waals surface area contributed by atoms with Crippen LogP contribution in [0.15, 0.2) is 48.5 Å². The summed E-state index contributed by atoms with van der Waals surface area (Å²) in [5.74, 6) is -1.03. The number of aliphatic carboxylic acids is 1. The van der Waals surface area contributed by atoms with Gasteiger partial charge in [-0.2, -0.15) is 0 Å². The number of benzene rings is 2. The molecule has 0 radical (unpaired) electrons. The van der Waals surface area contributed by atoms with Gasteiger partial charge in [-0.05, 0) is 36.8 Å². The van der Waals surface area contributed by atoms with Gasteiger partial charge in [0, 0.05) is 12.1 Å². The molecule has 0 spiro atoms. The first-order valence-corrected chi connectivity index (χ1v) is 7.09. The third-order valence-electron chi connectivity index (χ3n) is 3.29. The van der Waals surface area contributed by atoms with Crippen molar-refractivity contribution in [2.24, 2.45) is 0 Å². The van der Waals surface area contributed by atoms with Gasteiger partial charge < -0.3 is 20.8 Å². The van der Waals surface area contributed by atoms with Crippen LogP contribution in [-0.4, -0.2) is 28.3 Å². The molecule has 0 aliphatic heterocycles. The van der Waals surface area contributed by atoms with Crippen molar-refractivity contribution < 1.29 is 19.8 Å². The van der Waals surface area contributed by atoms with E-state index >= 15 is 0 Å². The predicted molar refractivity (Wildman–Crippen MR) is 86.6 cm³/mol. The van der Waals surface area contributed by atoms with Gasteiger partial charge in [0.05, 0.1) is 0 Å². The smallest absolute Gasteiger partial charge is 0.326 e. The van der Waals surface area contributed by atoms with Gasteiger partial charge in [0.2, 0.25) is 0 Å². The molecule has 6 heteroatoms. The minimum absolute atomic E-state index is 0.102. The quantitative estimate of drug-likeness (QED) is 0.681. The van der Waals surface area contributed by atoms with Gasteiger partial charge in [-0.25, -0.2) is 9.59 Å². The van der Waals surface area contributed by atoms with E-state index in [0.29, 0.717) is 11.3 Å². The Kier molecular flexibility index (Phi) is 5.19. The number of aromatic hydroxyl groups is 1. The third-order valence-corrected chi connectivity index (χ3v) is 3.29. The molecular formula is C17H18N2O4. The second-order valence-electron chi connectivity index (χ2n) is 5.23. The monoisotopic (exact) mass is 314 g/mol. The summed E-state index contributed by atoms with van der Waals surface area (Å²) < 4.78 is 0. The average molecular weight is 314 g/mol. The zero-order valence-electron chi connectivity index (χ0n) is 12.6. The molecule has 23 heavy (non-hydrogen) atoms. The fourth-order valence-corrected chi connectivity index (χ4v) is 2.03. The molecule has 0 aliphatic carbocycles. The predicted octanol–water partition coefficient (Wildman–Crippen LogP) is 2.52. The van der Waals surface area contributed by atoms with Gasteiger partial charge in [0.25, 0.3) is 0 Å². The summed E-state index contributed by atoms with van der Waals surface area (Å²) in [6.07, 6.45) is 0.122. The van der Waals surface area contributed by atoms with Gasteiger partial charge in [0.1, 0.15) is 11.8 Å². The molecule has 0 fully saturated rings. The summed E-state index contributed by atoms with van der Waals surface area (Å²) in [6.45, 7) is 1.93. The van der Waals surface area contributed by atoms with Crippen molar-refractivity contribution in [2.45, 2.75) is 19.4 Å². The number of carboxylic acid groups (broad SMARTS) is 1. The summed E-state index contributed by atoms with van der Waals surface area (Å²) in [5.41, 5.74) is 2.35. The first-order chi connectivity index (χ1) is 10.9. The number of rotatable bonds is 5. The molecule has 2 rings (SSSR count). The number of phenolic OH excluding ortho intramolecular Hbond substituents is 1. The molecule has 0 heterocycles. The van der Waals surface area contributed by atoms with Crippen molar-refractivity contribution in [1.29, 1.82) is 0 Å². The highest BCUT2D eigenvalue weighted by atomic mass is 16.4. The molecule has 0 bridgehead atoms. The molecule has 0 saturated heterocycles. The van der Waals surface area contributed by atoms with Crippen molar-refractivity contribution in [3.8, 4) is 5.75 Å². The fraction of sp³-hybridized carbons (Fsp3) is 0.176. The lowest BCUT2D eigenvalue weighted by atomic mass is 10.1. The van der Waals surface area contributed by atoms with Crippen LogP contribution in [0.5, 0.6) is 5.75 Å². The highest BCUT2D eigenvalue weighted by molar-refractivity contribution is 5.92. The molecule has 0 aliphatic rings. The first-order valence-electron chi connectivity index (χ1n) is 7.09. The maximum absolute atomic E-state index is 11.9. The Labute approximate surface area is 133 Å². The van der Waals surface area contributed by atoms with Gasteiger partial charge in [-0.1, -0.05) is 29.8 Å². The molecule has 2 aromatic carbocycles. The van der Waals surface area contributed by atoms with Gasteiger partial charge in [-0.3, -0.25) is 0 Å². The lowest BCUT2D eigenvalue weighted by Gasteiger charge is -2.15. The number of carbonyl (C=O) groups is 2. The van der Waals surface area contributed by atoms with Crippen molar-refractivity contribution in [3.63, 3.8) is 0 Å². The van der Waals surface area contributed by atoms with E-state index in [1.807, 2.05) is 19.1 Å². The van der Waals surface area contributed by atoms with Crippen molar-refractivity contribution >= 4 is 17.7 Å². The summed E-state index contributed by atoms with van der Waals surface area (Å²) in [4.78, 5) is 23.2. The average Bonchev–Trinajstić information content (AvgIpc) is 2.51. The third kappa shape index (κ3) is 5.03. The first kappa shape index (κ1) is 16.4. The van der Waals surface area contributed by atoms with Crippen LogP contribution < -0.4 is 10.6 Å². The maximum atomic E-state index is 11.9.